The van der Waals surface area contributed by atoms with Gasteiger partial charge in [-0.15, -0.1) is 0 Å². The van der Waals surface area contributed by atoms with E-state index in [4.69, 9.17) is 39.5 Å². The lowest BCUT2D eigenvalue weighted by Crippen LogP contribution is -2.39. The largest absolute Gasteiger partial charge is 0.344 e. The molecule has 0 radical (unpaired) electrons. The molecule has 3 nitrogen and oxygen atoms in total. The summed E-state index contributed by atoms with van der Waals surface area (Å²) in [6.45, 7) is -0.0188. The maximum absolute atomic E-state index is 10.9. The van der Waals surface area contributed by atoms with Gasteiger partial charge in [0.1, 0.15) is 6.61 Å². The highest BCUT2D eigenvalue weighted by Crippen LogP contribution is 2.35. The van der Waals surface area contributed by atoms with Crippen molar-refractivity contribution in [3.05, 3.63) is 0 Å². The van der Waals surface area contributed by atoms with Crippen LogP contribution in [0.25, 0.3) is 0 Å². The van der Waals surface area contributed by atoms with Gasteiger partial charge >= 0.3 is 0 Å². The van der Waals surface area contributed by atoms with Crippen molar-refractivity contribution < 1.29 is 9.53 Å². The van der Waals surface area contributed by atoms with E-state index in [0.717, 1.165) is 0 Å². The fourth-order valence-electron chi connectivity index (χ4n) is 0.809. The van der Waals surface area contributed by atoms with Gasteiger partial charge in [0.05, 0.1) is 0 Å². The first kappa shape index (κ1) is 9.39. The number of halogens is 3. The lowest BCUT2D eigenvalue weighted by atomic mass is 10.5. The molecule has 1 rings (SSSR count). The Hall–Kier alpha value is 0.300. The van der Waals surface area contributed by atoms with Crippen LogP contribution >= 0.6 is 34.8 Å². The third kappa shape index (κ3) is 1.90. The Morgan fingerprint density at radius 3 is 2.36 bits per heavy atom. The molecular formula is C5H6Cl3NO2. The van der Waals surface area contributed by atoms with E-state index in [1.807, 2.05) is 0 Å². The number of hydrogen-bond donors (Lipinski definition) is 0. The van der Waals surface area contributed by atoms with Gasteiger partial charge in [-0.2, -0.15) is 0 Å². The summed E-state index contributed by atoms with van der Waals surface area (Å²) in [5, 5.41) is 0. The maximum atomic E-state index is 10.9. The number of ether oxygens (including phenoxy) is 1. The van der Waals surface area contributed by atoms with Crippen LogP contribution in [0.3, 0.4) is 0 Å². The van der Waals surface area contributed by atoms with E-state index in [9.17, 15) is 4.79 Å². The first-order valence-electron chi connectivity index (χ1n) is 2.87. The standard InChI is InChI=1S/C5H6Cl3NO2/c1-9-3(10)2-11-4(9)5(6,7)8/h4H,2H2,1H3. The molecule has 0 aromatic heterocycles. The number of nitrogens with zero attached hydrogens (tertiary/aromatic N) is 1. The summed E-state index contributed by atoms with van der Waals surface area (Å²) in [7, 11) is 1.53. The van der Waals surface area contributed by atoms with Crippen LogP contribution in [0.5, 0.6) is 0 Å². The first-order valence-corrected chi connectivity index (χ1v) is 4.00. The highest BCUT2D eigenvalue weighted by atomic mass is 35.6. The zero-order valence-corrected chi connectivity index (χ0v) is 7.95. The lowest BCUT2D eigenvalue weighted by Gasteiger charge is -2.24. The van der Waals surface area contributed by atoms with Gasteiger partial charge in [-0.25, -0.2) is 0 Å². The van der Waals surface area contributed by atoms with Crippen LogP contribution in [0.4, 0.5) is 0 Å². The third-order valence-electron chi connectivity index (χ3n) is 1.39. The molecule has 0 N–H and O–H groups in total. The number of carbonyl (C=O) groups excluding carboxylic acids is 1. The van der Waals surface area contributed by atoms with Gasteiger partial charge < -0.3 is 9.64 Å². The molecule has 64 valence electrons. The molecule has 1 heterocycles. The number of likely N-dealkylation sites (N-methyl/N-ethyl adjacent to an activating group) is 1. The van der Waals surface area contributed by atoms with Crippen LogP contribution in [-0.2, 0) is 9.53 Å². The highest BCUT2D eigenvalue weighted by Gasteiger charge is 2.43. The molecule has 1 aliphatic heterocycles. The molecule has 11 heavy (non-hydrogen) atoms. The predicted molar refractivity (Wildman–Crippen MR) is 42.8 cm³/mol. The van der Waals surface area contributed by atoms with Crippen molar-refractivity contribution >= 4 is 40.7 Å². The van der Waals surface area contributed by atoms with Crippen molar-refractivity contribution in [1.82, 2.24) is 4.90 Å². The molecule has 0 spiro atoms. The van der Waals surface area contributed by atoms with Gasteiger partial charge in [0, 0.05) is 7.05 Å². The topological polar surface area (TPSA) is 29.5 Å². The van der Waals surface area contributed by atoms with Crippen LogP contribution in [0, 0.1) is 0 Å². The molecule has 1 aliphatic rings. The summed E-state index contributed by atoms with van der Waals surface area (Å²) in [6, 6.07) is 0. The van der Waals surface area contributed by atoms with Gasteiger partial charge in [-0.3, -0.25) is 4.79 Å². The lowest BCUT2D eigenvalue weighted by molar-refractivity contribution is -0.126. The molecule has 1 atom stereocenters. The van der Waals surface area contributed by atoms with Crippen molar-refractivity contribution in [2.24, 2.45) is 0 Å². The molecule has 0 aliphatic carbocycles. The van der Waals surface area contributed by atoms with E-state index in [0.29, 0.717) is 0 Å². The van der Waals surface area contributed by atoms with Gasteiger partial charge in [-0.1, -0.05) is 34.8 Å². The molecule has 6 heteroatoms. The Kier molecular flexibility index (Phi) is 2.54. The molecule has 0 saturated carbocycles. The Labute approximate surface area is 79.1 Å². The SMILES string of the molecule is CN1C(=O)COC1C(Cl)(Cl)Cl. The van der Waals surface area contributed by atoms with E-state index in [1.165, 1.54) is 11.9 Å². The molecule has 0 bridgehead atoms. The van der Waals surface area contributed by atoms with Crippen molar-refractivity contribution in [3.63, 3.8) is 0 Å². The van der Waals surface area contributed by atoms with E-state index in [1.54, 1.807) is 0 Å². The molecule has 1 amide bonds. The van der Waals surface area contributed by atoms with E-state index < -0.39 is 10.0 Å². The summed E-state index contributed by atoms with van der Waals surface area (Å²) < 4.78 is 3.35. The summed E-state index contributed by atoms with van der Waals surface area (Å²) in [6.07, 6.45) is -0.764. The van der Waals surface area contributed by atoms with Gasteiger partial charge in [0.15, 0.2) is 6.23 Å². The van der Waals surface area contributed by atoms with Crippen molar-refractivity contribution in [1.29, 1.82) is 0 Å². The van der Waals surface area contributed by atoms with Crippen LogP contribution in [-0.4, -0.2) is 34.5 Å². The Morgan fingerprint density at radius 1 is 1.64 bits per heavy atom. The molecular weight excluding hydrogens is 212 g/mol. The van der Waals surface area contributed by atoms with Crippen molar-refractivity contribution in [2.45, 2.75) is 10.0 Å². The predicted octanol–water partition coefficient (Wildman–Crippen LogP) is 1.17. The number of rotatable bonds is 0. The minimum absolute atomic E-state index is 0.0188. The van der Waals surface area contributed by atoms with Crippen LogP contribution in [0.15, 0.2) is 0 Å². The number of carbonyl (C=O) groups is 1. The Morgan fingerprint density at radius 2 is 2.18 bits per heavy atom. The quantitative estimate of drug-likeness (QED) is 0.571. The summed E-state index contributed by atoms with van der Waals surface area (Å²) in [5.74, 6) is -0.179. The normalized spacial score (nSPS) is 26.4. The second kappa shape index (κ2) is 2.98. The molecule has 0 aromatic carbocycles. The van der Waals surface area contributed by atoms with Crippen LogP contribution in [0.1, 0.15) is 0 Å². The van der Waals surface area contributed by atoms with E-state index in [2.05, 4.69) is 0 Å². The van der Waals surface area contributed by atoms with Gasteiger partial charge in [0.25, 0.3) is 5.91 Å². The van der Waals surface area contributed by atoms with Crippen molar-refractivity contribution in [3.8, 4) is 0 Å². The third-order valence-corrected chi connectivity index (χ3v) is 1.95. The Bertz CT molecular complexity index is 179. The number of hydrogen-bond acceptors (Lipinski definition) is 2. The fourth-order valence-corrected chi connectivity index (χ4v) is 1.44. The maximum Gasteiger partial charge on any atom is 0.250 e. The minimum atomic E-state index is -1.57. The summed E-state index contributed by atoms with van der Waals surface area (Å²) >= 11 is 16.5. The molecule has 1 unspecified atom stereocenters. The smallest absolute Gasteiger partial charge is 0.250 e. The second-order valence-corrected chi connectivity index (χ2v) is 4.58. The Balaban J connectivity index is 2.70. The average Bonchev–Trinajstić information content (AvgIpc) is 2.11. The number of alkyl halides is 3. The fraction of sp³-hybridized carbons (Fsp3) is 0.800. The van der Waals surface area contributed by atoms with Crippen LogP contribution in [0.2, 0.25) is 0 Å². The van der Waals surface area contributed by atoms with Gasteiger partial charge in [0.2, 0.25) is 3.79 Å². The van der Waals surface area contributed by atoms with Crippen molar-refractivity contribution in [2.75, 3.05) is 13.7 Å². The second-order valence-electron chi connectivity index (χ2n) is 2.21. The molecule has 1 fully saturated rings. The first-order chi connectivity index (χ1) is 4.93. The van der Waals surface area contributed by atoms with Crippen LogP contribution < -0.4 is 0 Å². The number of amides is 1. The average molecular weight is 218 g/mol. The van der Waals surface area contributed by atoms with E-state index in [-0.39, 0.29) is 12.5 Å². The summed E-state index contributed by atoms with van der Waals surface area (Å²) in [4.78, 5) is 12.1. The van der Waals surface area contributed by atoms with Gasteiger partial charge in [-0.05, 0) is 0 Å². The minimum Gasteiger partial charge on any atom is -0.344 e. The highest BCUT2D eigenvalue weighted by molar-refractivity contribution is 6.68. The monoisotopic (exact) mass is 217 g/mol. The van der Waals surface area contributed by atoms with E-state index >= 15 is 0 Å². The summed E-state index contributed by atoms with van der Waals surface area (Å²) in [5.41, 5.74) is 0. The molecule has 1 saturated heterocycles. The zero-order valence-electron chi connectivity index (χ0n) is 5.68. The zero-order chi connectivity index (χ0) is 8.65. The molecule has 0 aromatic rings.